The molecule has 0 saturated carbocycles. The van der Waals surface area contributed by atoms with Gasteiger partial charge in [-0.15, -0.1) is 0 Å². The first-order valence-electron chi connectivity index (χ1n) is 7.68. The predicted octanol–water partition coefficient (Wildman–Crippen LogP) is 3.49. The smallest absolute Gasteiger partial charge is 0.0915 e. The standard InChI is InChI=1S/C16H24Cl2N2O/c1-2-5-20-6-3-15(4-7-20)19-11-16(21)12-8-13(17)10-14(18)9-12/h8-10,15-16,19,21H,2-7,11H2,1H3. The van der Waals surface area contributed by atoms with E-state index in [1.807, 2.05) is 0 Å². The maximum atomic E-state index is 10.2. The van der Waals surface area contributed by atoms with E-state index in [-0.39, 0.29) is 0 Å². The molecule has 0 aromatic heterocycles. The minimum absolute atomic E-state index is 0.488. The molecule has 1 saturated heterocycles. The van der Waals surface area contributed by atoms with Crippen LogP contribution in [0.2, 0.25) is 10.0 Å². The third-order valence-corrected chi connectivity index (χ3v) is 4.43. The van der Waals surface area contributed by atoms with E-state index in [1.54, 1.807) is 18.2 Å². The van der Waals surface area contributed by atoms with Crippen LogP contribution < -0.4 is 5.32 Å². The van der Waals surface area contributed by atoms with Gasteiger partial charge in [0.05, 0.1) is 6.10 Å². The number of hydrogen-bond donors (Lipinski definition) is 2. The van der Waals surface area contributed by atoms with Crippen LogP contribution in [0.1, 0.15) is 37.9 Å². The topological polar surface area (TPSA) is 35.5 Å². The molecule has 1 aliphatic rings. The average Bonchev–Trinajstić information content (AvgIpc) is 2.45. The summed E-state index contributed by atoms with van der Waals surface area (Å²) in [5.74, 6) is 0. The highest BCUT2D eigenvalue weighted by Gasteiger charge is 2.19. The lowest BCUT2D eigenvalue weighted by molar-refractivity contribution is 0.151. The van der Waals surface area contributed by atoms with Crippen molar-refractivity contribution in [1.82, 2.24) is 10.2 Å². The Labute approximate surface area is 137 Å². The molecule has 0 amide bonds. The van der Waals surface area contributed by atoms with Crippen LogP contribution in [0.25, 0.3) is 0 Å². The van der Waals surface area contributed by atoms with Gasteiger partial charge < -0.3 is 15.3 Å². The molecule has 1 fully saturated rings. The number of nitrogens with one attached hydrogen (secondary N) is 1. The van der Waals surface area contributed by atoms with Gasteiger partial charge in [-0.25, -0.2) is 0 Å². The second kappa shape index (κ2) is 8.35. The number of aliphatic hydroxyl groups is 1. The van der Waals surface area contributed by atoms with Gasteiger partial charge in [0.1, 0.15) is 0 Å². The minimum Gasteiger partial charge on any atom is -0.387 e. The molecule has 1 heterocycles. The maximum Gasteiger partial charge on any atom is 0.0915 e. The summed E-state index contributed by atoms with van der Waals surface area (Å²) in [6, 6.07) is 5.70. The summed E-state index contributed by atoms with van der Waals surface area (Å²) in [6.45, 7) is 6.23. The van der Waals surface area contributed by atoms with Gasteiger partial charge in [0.25, 0.3) is 0 Å². The largest absolute Gasteiger partial charge is 0.387 e. The van der Waals surface area contributed by atoms with Gasteiger partial charge in [-0.1, -0.05) is 30.1 Å². The predicted molar refractivity (Wildman–Crippen MR) is 89.2 cm³/mol. The first-order valence-corrected chi connectivity index (χ1v) is 8.44. The summed E-state index contributed by atoms with van der Waals surface area (Å²) in [5, 5.41) is 14.8. The Morgan fingerprint density at radius 1 is 1.24 bits per heavy atom. The molecule has 21 heavy (non-hydrogen) atoms. The Kier molecular flexibility index (Phi) is 6.77. The lowest BCUT2D eigenvalue weighted by Crippen LogP contribution is -2.43. The molecule has 0 radical (unpaired) electrons. The normalized spacial score (nSPS) is 18.9. The van der Waals surface area contributed by atoms with Crippen molar-refractivity contribution in [2.75, 3.05) is 26.2 Å². The van der Waals surface area contributed by atoms with Crippen LogP contribution in [-0.2, 0) is 0 Å². The van der Waals surface area contributed by atoms with Gasteiger partial charge in [-0.3, -0.25) is 0 Å². The second-order valence-corrected chi connectivity index (χ2v) is 6.62. The number of benzene rings is 1. The average molecular weight is 331 g/mol. The molecule has 1 unspecified atom stereocenters. The highest BCUT2D eigenvalue weighted by atomic mass is 35.5. The van der Waals surface area contributed by atoms with Crippen molar-refractivity contribution in [3.63, 3.8) is 0 Å². The van der Waals surface area contributed by atoms with Crippen LogP contribution in [0.5, 0.6) is 0 Å². The van der Waals surface area contributed by atoms with Crippen LogP contribution in [0.3, 0.4) is 0 Å². The molecule has 2 rings (SSSR count). The monoisotopic (exact) mass is 330 g/mol. The van der Waals surface area contributed by atoms with Crippen LogP contribution in [0, 0.1) is 0 Å². The van der Waals surface area contributed by atoms with Crippen molar-refractivity contribution in [1.29, 1.82) is 0 Å². The Morgan fingerprint density at radius 2 is 1.86 bits per heavy atom. The molecular formula is C16H24Cl2N2O. The highest BCUT2D eigenvalue weighted by Crippen LogP contribution is 2.23. The highest BCUT2D eigenvalue weighted by molar-refractivity contribution is 6.34. The summed E-state index contributed by atoms with van der Waals surface area (Å²) in [4.78, 5) is 2.51. The number of aliphatic hydroxyl groups excluding tert-OH is 1. The van der Waals surface area contributed by atoms with E-state index < -0.39 is 6.10 Å². The number of likely N-dealkylation sites (tertiary alicyclic amines) is 1. The molecule has 0 spiro atoms. The van der Waals surface area contributed by atoms with E-state index in [9.17, 15) is 5.11 Å². The number of rotatable bonds is 6. The third-order valence-electron chi connectivity index (χ3n) is 4.00. The van der Waals surface area contributed by atoms with Crippen LogP contribution in [-0.4, -0.2) is 42.2 Å². The molecule has 1 aliphatic heterocycles. The summed E-state index contributed by atoms with van der Waals surface area (Å²) in [7, 11) is 0. The molecule has 118 valence electrons. The molecule has 0 aliphatic carbocycles. The zero-order chi connectivity index (χ0) is 15.2. The van der Waals surface area contributed by atoms with Gasteiger partial charge >= 0.3 is 0 Å². The third kappa shape index (κ3) is 5.42. The van der Waals surface area contributed by atoms with Crippen molar-refractivity contribution >= 4 is 23.2 Å². The summed E-state index contributed by atoms with van der Waals surface area (Å²) in [5.41, 5.74) is 0.767. The van der Waals surface area contributed by atoms with Crippen molar-refractivity contribution in [2.45, 2.75) is 38.3 Å². The molecule has 1 aromatic rings. The minimum atomic E-state index is -0.574. The van der Waals surface area contributed by atoms with E-state index in [2.05, 4.69) is 17.1 Å². The Morgan fingerprint density at radius 3 is 2.43 bits per heavy atom. The van der Waals surface area contributed by atoms with E-state index in [1.165, 1.54) is 13.0 Å². The fraction of sp³-hybridized carbons (Fsp3) is 0.625. The van der Waals surface area contributed by atoms with Gasteiger partial charge in [-0.2, -0.15) is 0 Å². The number of halogens is 2. The molecular weight excluding hydrogens is 307 g/mol. The molecule has 1 aromatic carbocycles. The second-order valence-electron chi connectivity index (χ2n) is 5.74. The van der Waals surface area contributed by atoms with Crippen molar-refractivity contribution in [3.05, 3.63) is 33.8 Å². The van der Waals surface area contributed by atoms with Gasteiger partial charge in [-0.05, 0) is 62.7 Å². The van der Waals surface area contributed by atoms with E-state index in [0.717, 1.165) is 31.5 Å². The summed E-state index contributed by atoms with van der Waals surface area (Å²) < 4.78 is 0. The van der Waals surface area contributed by atoms with Crippen molar-refractivity contribution < 1.29 is 5.11 Å². The first-order chi connectivity index (χ1) is 10.1. The van der Waals surface area contributed by atoms with Crippen molar-refractivity contribution in [2.24, 2.45) is 0 Å². The SMILES string of the molecule is CCCN1CCC(NCC(O)c2cc(Cl)cc(Cl)c2)CC1. The lowest BCUT2D eigenvalue weighted by atomic mass is 10.0. The maximum absolute atomic E-state index is 10.2. The fourth-order valence-electron chi connectivity index (χ4n) is 2.84. The summed E-state index contributed by atoms with van der Waals surface area (Å²) in [6.07, 6.45) is 2.92. The van der Waals surface area contributed by atoms with E-state index in [0.29, 0.717) is 22.6 Å². The first kappa shape index (κ1) is 17.0. The van der Waals surface area contributed by atoms with Gasteiger partial charge in [0, 0.05) is 22.6 Å². The molecule has 5 heteroatoms. The zero-order valence-electron chi connectivity index (χ0n) is 12.5. The Bertz CT molecular complexity index is 428. The molecule has 3 nitrogen and oxygen atoms in total. The number of nitrogens with zero attached hydrogens (tertiary/aromatic N) is 1. The molecule has 1 atom stereocenters. The Hall–Kier alpha value is -0.320. The van der Waals surface area contributed by atoms with E-state index in [4.69, 9.17) is 23.2 Å². The van der Waals surface area contributed by atoms with Crippen LogP contribution in [0.15, 0.2) is 18.2 Å². The van der Waals surface area contributed by atoms with Crippen LogP contribution >= 0.6 is 23.2 Å². The fourth-order valence-corrected chi connectivity index (χ4v) is 3.38. The molecule has 2 N–H and O–H groups in total. The molecule has 0 bridgehead atoms. The Balaban J connectivity index is 1.78. The quantitative estimate of drug-likeness (QED) is 0.838. The summed E-state index contributed by atoms with van der Waals surface area (Å²) >= 11 is 11.9. The zero-order valence-corrected chi connectivity index (χ0v) is 14.0. The van der Waals surface area contributed by atoms with Gasteiger partial charge in [0.15, 0.2) is 0 Å². The number of hydrogen-bond acceptors (Lipinski definition) is 3. The van der Waals surface area contributed by atoms with E-state index >= 15 is 0 Å². The van der Waals surface area contributed by atoms with Crippen LogP contribution in [0.4, 0.5) is 0 Å². The van der Waals surface area contributed by atoms with Gasteiger partial charge in [0.2, 0.25) is 0 Å². The number of piperidine rings is 1. The van der Waals surface area contributed by atoms with Crippen molar-refractivity contribution in [3.8, 4) is 0 Å². The lowest BCUT2D eigenvalue weighted by Gasteiger charge is -2.32.